The first kappa shape index (κ1) is 17.5. The van der Waals surface area contributed by atoms with Crippen LogP contribution >= 0.6 is 0 Å². The number of carbonyl (C=O) groups excluding carboxylic acids is 1. The Morgan fingerprint density at radius 1 is 1.00 bits per heavy atom. The smallest absolute Gasteiger partial charge is 0.226 e. The van der Waals surface area contributed by atoms with E-state index < -0.39 is 0 Å². The topological polar surface area (TPSA) is 24.8 Å². The SMILES string of the molecule is CC1CCN(C(=O)C2CC[NH+](Cc3cccc4ccccc34)CC2)CC1. The highest BCUT2D eigenvalue weighted by atomic mass is 16.2. The summed E-state index contributed by atoms with van der Waals surface area (Å²) in [6, 6.07) is 15.3. The summed E-state index contributed by atoms with van der Waals surface area (Å²) < 4.78 is 0. The minimum atomic E-state index is 0.264. The molecule has 2 aromatic rings. The number of hydrogen-bond donors (Lipinski definition) is 1. The van der Waals surface area contributed by atoms with Crippen molar-refractivity contribution in [1.82, 2.24) is 4.90 Å². The Bertz CT molecular complexity index is 750. The normalized spacial score (nSPS) is 24.7. The minimum Gasteiger partial charge on any atom is -0.342 e. The second-order valence-corrected chi connectivity index (χ2v) is 8.35. The lowest BCUT2D eigenvalue weighted by Crippen LogP contribution is -3.11. The summed E-state index contributed by atoms with van der Waals surface area (Å²) in [4.78, 5) is 16.6. The number of fused-ring (bicyclic) bond motifs is 1. The predicted molar refractivity (Wildman–Crippen MR) is 106 cm³/mol. The van der Waals surface area contributed by atoms with Gasteiger partial charge in [0, 0.05) is 37.4 Å². The molecular weight excluding hydrogens is 320 g/mol. The van der Waals surface area contributed by atoms with Crippen molar-refractivity contribution in [2.45, 2.75) is 39.2 Å². The second-order valence-electron chi connectivity index (χ2n) is 8.35. The van der Waals surface area contributed by atoms with Crippen LogP contribution < -0.4 is 4.90 Å². The van der Waals surface area contributed by atoms with Gasteiger partial charge in [0.05, 0.1) is 13.1 Å². The number of benzene rings is 2. The third-order valence-corrected chi connectivity index (χ3v) is 6.46. The van der Waals surface area contributed by atoms with Crippen molar-refractivity contribution in [3.05, 3.63) is 48.0 Å². The summed E-state index contributed by atoms with van der Waals surface area (Å²) in [6.07, 6.45) is 4.45. The van der Waals surface area contributed by atoms with Crippen molar-refractivity contribution in [2.75, 3.05) is 26.2 Å². The summed E-state index contributed by atoms with van der Waals surface area (Å²) in [6.45, 7) is 7.56. The third-order valence-electron chi connectivity index (χ3n) is 6.46. The molecule has 0 atom stereocenters. The van der Waals surface area contributed by atoms with Crippen molar-refractivity contribution in [3.8, 4) is 0 Å². The van der Waals surface area contributed by atoms with Gasteiger partial charge in [-0.25, -0.2) is 0 Å². The van der Waals surface area contributed by atoms with Crippen LogP contribution in [0, 0.1) is 11.8 Å². The van der Waals surface area contributed by atoms with Gasteiger partial charge in [-0.15, -0.1) is 0 Å². The lowest BCUT2D eigenvalue weighted by Gasteiger charge is -2.35. The number of quaternary nitrogens is 1. The average Bonchev–Trinajstić information content (AvgIpc) is 2.69. The summed E-state index contributed by atoms with van der Waals surface area (Å²) in [5.74, 6) is 1.48. The fourth-order valence-corrected chi connectivity index (χ4v) is 4.65. The van der Waals surface area contributed by atoms with Gasteiger partial charge < -0.3 is 9.80 Å². The van der Waals surface area contributed by atoms with Crippen molar-refractivity contribution in [2.24, 2.45) is 11.8 Å². The van der Waals surface area contributed by atoms with Crippen LogP contribution in [-0.4, -0.2) is 37.0 Å². The van der Waals surface area contributed by atoms with Crippen LogP contribution in [0.5, 0.6) is 0 Å². The van der Waals surface area contributed by atoms with Gasteiger partial charge in [-0.1, -0.05) is 49.4 Å². The zero-order valence-electron chi connectivity index (χ0n) is 15.9. The third kappa shape index (κ3) is 3.78. The van der Waals surface area contributed by atoms with Gasteiger partial charge in [-0.2, -0.15) is 0 Å². The maximum atomic E-state index is 12.8. The van der Waals surface area contributed by atoms with E-state index in [2.05, 4.69) is 54.3 Å². The molecule has 2 saturated heterocycles. The van der Waals surface area contributed by atoms with E-state index in [1.165, 1.54) is 29.2 Å². The molecule has 26 heavy (non-hydrogen) atoms. The Balaban J connectivity index is 1.34. The zero-order chi connectivity index (χ0) is 17.9. The molecule has 2 aromatic carbocycles. The predicted octanol–water partition coefficient (Wildman–Crippen LogP) is 2.89. The number of rotatable bonds is 3. The fraction of sp³-hybridized carbons (Fsp3) is 0.522. The molecule has 0 bridgehead atoms. The molecule has 2 aliphatic heterocycles. The summed E-state index contributed by atoms with van der Waals surface area (Å²) in [5, 5.41) is 2.71. The van der Waals surface area contributed by atoms with Gasteiger partial charge in [-0.3, -0.25) is 4.79 Å². The molecule has 2 aliphatic rings. The lowest BCUT2D eigenvalue weighted by atomic mass is 9.92. The molecular formula is C23H31N2O+. The minimum absolute atomic E-state index is 0.264. The second kappa shape index (κ2) is 7.79. The van der Waals surface area contributed by atoms with E-state index in [0.29, 0.717) is 5.91 Å². The molecule has 4 rings (SSSR count). The molecule has 2 fully saturated rings. The van der Waals surface area contributed by atoms with E-state index in [0.717, 1.165) is 51.5 Å². The van der Waals surface area contributed by atoms with E-state index in [-0.39, 0.29) is 5.92 Å². The largest absolute Gasteiger partial charge is 0.342 e. The lowest BCUT2D eigenvalue weighted by molar-refractivity contribution is -0.919. The molecule has 3 nitrogen and oxygen atoms in total. The molecule has 3 heteroatoms. The van der Waals surface area contributed by atoms with E-state index in [4.69, 9.17) is 0 Å². The average molecular weight is 352 g/mol. The van der Waals surface area contributed by atoms with Crippen molar-refractivity contribution < 1.29 is 9.69 Å². The van der Waals surface area contributed by atoms with Gasteiger partial charge in [0.1, 0.15) is 6.54 Å². The molecule has 1 N–H and O–H groups in total. The fourth-order valence-electron chi connectivity index (χ4n) is 4.65. The van der Waals surface area contributed by atoms with Crippen molar-refractivity contribution in [1.29, 1.82) is 0 Å². The molecule has 2 heterocycles. The molecule has 0 unspecified atom stereocenters. The van der Waals surface area contributed by atoms with E-state index >= 15 is 0 Å². The molecule has 0 aromatic heterocycles. The van der Waals surface area contributed by atoms with Crippen LogP contribution in [0.4, 0.5) is 0 Å². The maximum Gasteiger partial charge on any atom is 0.226 e. The molecule has 1 amide bonds. The van der Waals surface area contributed by atoms with Crippen molar-refractivity contribution in [3.63, 3.8) is 0 Å². The number of likely N-dealkylation sites (tertiary alicyclic amines) is 2. The Kier molecular flexibility index (Phi) is 5.26. The van der Waals surface area contributed by atoms with Gasteiger partial charge >= 0.3 is 0 Å². The van der Waals surface area contributed by atoms with Crippen LogP contribution in [0.3, 0.4) is 0 Å². The Morgan fingerprint density at radius 2 is 1.69 bits per heavy atom. The highest BCUT2D eigenvalue weighted by molar-refractivity contribution is 5.85. The van der Waals surface area contributed by atoms with Crippen LogP contribution in [0.1, 0.15) is 38.2 Å². The van der Waals surface area contributed by atoms with Crippen LogP contribution in [-0.2, 0) is 11.3 Å². The van der Waals surface area contributed by atoms with Crippen LogP contribution in [0.2, 0.25) is 0 Å². The van der Waals surface area contributed by atoms with Gasteiger partial charge in [0.2, 0.25) is 5.91 Å². The Labute approximate surface area is 157 Å². The molecule has 138 valence electrons. The number of amides is 1. The quantitative estimate of drug-likeness (QED) is 0.904. The Hall–Kier alpha value is -1.87. The first-order chi connectivity index (χ1) is 12.7. The number of nitrogens with one attached hydrogen (secondary N) is 1. The molecule has 0 radical (unpaired) electrons. The van der Waals surface area contributed by atoms with Gasteiger partial charge in [-0.05, 0) is 29.5 Å². The van der Waals surface area contributed by atoms with Gasteiger partial charge in [0.25, 0.3) is 0 Å². The van der Waals surface area contributed by atoms with E-state index in [9.17, 15) is 4.79 Å². The van der Waals surface area contributed by atoms with Crippen LogP contribution in [0.15, 0.2) is 42.5 Å². The van der Waals surface area contributed by atoms with Crippen LogP contribution in [0.25, 0.3) is 10.8 Å². The first-order valence-electron chi connectivity index (χ1n) is 10.3. The molecule has 0 aliphatic carbocycles. The standard InChI is InChI=1S/C23H30N2O/c1-18-9-15-25(16-10-18)23(26)20-11-13-24(14-12-20)17-21-7-4-6-19-5-2-3-8-22(19)21/h2-8,18,20H,9-17H2,1H3/p+1. The number of carbonyl (C=O) groups is 1. The summed E-state index contributed by atoms with van der Waals surface area (Å²) in [7, 11) is 0. The number of hydrogen-bond acceptors (Lipinski definition) is 1. The summed E-state index contributed by atoms with van der Waals surface area (Å²) >= 11 is 0. The van der Waals surface area contributed by atoms with Crippen molar-refractivity contribution >= 4 is 16.7 Å². The highest BCUT2D eigenvalue weighted by Crippen LogP contribution is 2.21. The molecule has 0 spiro atoms. The first-order valence-corrected chi connectivity index (χ1v) is 10.3. The monoisotopic (exact) mass is 351 g/mol. The number of piperidine rings is 2. The highest BCUT2D eigenvalue weighted by Gasteiger charge is 2.31. The maximum absolute atomic E-state index is 12.8. The van der Waals surface area contributed by atoms with Gasteiger partial charge in [0.15, 0.2) is 0 Å². The zero-order valence-corrected chi connectivity index (χ0v) is 15.9. The van der Waals surface area contributed by atoms with E-state index in [1.54, 1.807) is 4.90 Å². The number of nitrogens with zero attached hydrogens (tertiary/aromatic N) is 1. The Morgan fingerprint density at radius 3 is 2.46 bits per heavy atom. The van der Waals surface area contributed by atoms with E-state index in [1.807, 2.05) is 0 Å². The summed E-state index contributed by atoms with van der Waals surface area (Å²) in [5.41, 5.74) is 1.44. The molecule has 0 saturated carbocycles.